The number of rotatable bonds is 0. The maximum atomic E-state index is 9.00. The molecule has 4 heteroatoms. The second kappa shape index (κ2) is 5.94. The van der Waals surface area contributed by atoms with Gasteiger partial charge in [-0.3, -0.25) is 0 Å². The molecule has 24 heavy (non-hydrogen) atoms. The Morgan fingerprint density at radius 3 is 1.42 bits per heavy atom. The topological polar surface area (TPSA) is 56.3 Å². The van der Waals surface area contributed by atoms with Crippen molar-refractivity contribution in [3.05, 3.63) is 81.8 Å². The van der Waals surface area contributed by atoms with Gasteiger partial charge in [-0.05, 0) is 44.1 Å². The SMILES string of the molecule is [C-]#[N+]/C(C#N)=c1/ccc2cc3c/c(=C(\C#N)[N+]#[C-])ccc3cc2c1. The highest BCUT2D eigenvalue weighted by Crippen LogP contribution is 2.21. The van der Waals surface area contributed by atoms with Gasteiger partial charge in [0.05, 0.1) is 25.3 Å². The number of hydrogen-bond acceptors (Lipinski definition) is 2. The molecule has 0 N–H and O–H groups in total. The first kappa shape index (κ1) is 14.8. The van der Waals surface area contributed by atoms with Crippen molar-refractivity contribution in [2.45, 2.75) is 0 Å². The largest absolute Gasteiger partial charge is 0.268 e. The van der Waals surface area contributed by atoms with Crippen LogP contribution in [0.15, 0.2) is 48.5 Å². The monoisotopic (exact) mass is 304 g/mol. The van der Waals surface area contributed by atoms with Crippen LogP contribution in [0.5, 0.6) is 0 Å². The van der Waals surface area contributed by atoms with E-state index in [0.29, 0.717) is 10.4 Å². The van der Waals surface area contributed by atoms with Crippen molar-refractivity contribution in [3.8, 4) is 12.1 Å². The van der Waals surface area contributed by atoms with Gasteiger partial charge in [0.2, 0.25) is 0 Å². The van der Waals surface area contributed by atoms with Gasteiger partial charge >= 0.3 is 0 Å². The lowest BCUT2D eigenvalue weighted by Gasteiger charge is -2.03. The van der Waals surface area contributed by atoms with Gasteiger partial charge in [-0.25, -0.2) is 20.2 Å². The van der Waals surface area contributed by atoms with E-state index >= 15 is 0 Å². The average Bonchev–Trinajstić information content (AvgIpc) is 2.62. The first-order valence-corrected chi connectivity index (χ1v) is 6.97. The Labute approximate surface area is 138 Å². The minimum Gasteiger partial charge on any atom is -0.226 e. The molecule has 0 aliphatic heterocycles. The molecule has 0 bridgehead atoms. The van der Waals surface area contributed by atoms with Crippen LogP contribution in [-0.4, -0.2) is 0 Å². The highest BCUT2D eigenvalue weighted by molar-refractivity contribution is 5.98. The van der Waals surface area contributed by atoms with Crippen molar-refractivity contribution in [2.75, 3.05) is 0 Å². The molecule has 4 nitrogen and oxygen atoms in total. The Kier molecular flexibility index (Phi) is 3.66. The lowest BCUT2D eigenvalue weighted by molar-refractivity contribution is 1.52. The van der Waals surface area contributed by atoms with Crippen molar-refractivity contribution >= 4 is 32.9 Å². The van der Waals surface area contributed by atoms with Gasteiger partial charge in [0.15, 0.2) is 0 Å². The van der Waals surface area contributed by atoms with Gasteiger partial charge in [-0.1, -0.05) is 36.4 Å². The van der Waals surface area contributed by atoms with Crippen LogP contribution < -0.4 is 10.4 Å². The standard InChI is InChI=1S/C20H8N4/c1-23-19(11-21)15-5-3-13-8-18-10-16(20(12-22)24-2)6-4-14(18)7-17(13)9-15/h3-10H/b19-15-,20-16+. The molecule has 0 saturated heterocycles. The van der Waals surface area contributed by atoms with Gasteiger partial charge in [-0.15, -0.1) is 0 Å². The third-order valence-electron chi connectivity index (χ3n) is 3.78. The summed E-state index contributed by atoms with van der Waals surface area (Å²) in [6.45, 7) is 14.1. The summed E-state index contributed by atoms with van der Waals surface area (Å²) < 4.78 is 0. The smallest absolute Gasteiger partial charge is 0.226 e. The van der Waals surface area contributed by atoms with Crippen molar-refractivity contribution in [3.63, 3.8) is 0 Å². The normalized spacial score (nSPS) is 12.5. The van der Waals surface area contributed by atoms with Crippen LogP contribution in [0.4, 0.5) is 0 Å². The molecule has 0 aliphatic carbocycles. The molecule has 0 fully saturated rings. The van der Waals surface area contributed by atoms with E-state index in [2.05, 4.69) is 9.69 Å². The molecule has 3 aromatic carbocycles. The number of nitrogens with zero attached hydrogens (tertiary/aromatic N) is 4. The quantitative estimate of drug-likeness (QED) is 0.473. The van der Waals surface area contributed by atoms with E-state index in [1.165, 1.54) is 0 Å². The summed E-state index contributed by atoms with van der Waals surface area (Å²) in [4.78, 5) is 6.48. The molecule has 0 spiro atoms. The van der Waals surface area contributed by atoms with Crippen LogP contribution in [0.2, 0.25) is 0 Å². The van der Waals surface area contributed by atoms with Gasteiger partial charge in [-0.2, -0.15) is 0 Å². The third-order valence-corrected chi connectivity index (χ3v) is 3.78. The zero-order valence-electron chi connectivity index (χ0n) is 12.4. The number of nitriles is 2. The highest BCUT2D eigenvalue weighted by atomic mass is 14.7. The summed E-state index contributed by atoms with van der Waals surface area (Å²) >= 11 is 0. The highest BCUT2D eigenvalue weighted by Gasteiger charge is 2.02. The van der Waals surface area contributed by atoms with E-state index in [1.807, 2.05) is 48.5 Å². The van der Waals surface area contributed by atoms with Crippen LogP contribution in [0.3, 0.4) is 0 Å². The molecule has 0 heterocycles. The van der Waals surface area contributed by atoms with E-state index in [9.17, 15) is 0 Å². The predicted molar refractivity (Wildman–Crippen MR) is 92.0 cm³/mol. The molecule has 0 atom stereocenters. The lowest BCUT2D eigenvalue weighted by Crippen LogP contribution is -2.03. The lowest BCUT2D eigenvalue weighted by atomic mass is 10.0. The summed E-state index contributed by atoms with van der Waals surface area (Å²) in [5, 5.41) is 23.0. The van der Waals surface area contributed by atoms with Crippen LogP contribution >= 0.6 is 0 Å². The van der Waals surface area contributed by atoms with E-state index in [1.54, 1.807) is 12.1 Å². The fourth-order valence-electron chi connectivity index (χ4n) is 2.60. The maximum Gasteiger partial charge on any atom is 0.268 e. The fraction of sp³-hybridized carbons (Fsp3) is 0. The van der Waals surface area contributed by atoms with E-state index in [4.69, 9.17) is 23.7 Å². The zero-order valence-corrected chi connectivity index (χ0v) is 12.4. The van der Waals surface area contributed by atoms with E-state index in [0.717, 1.165) is 21.5 Å². The second-order valence-corrected chi connectivity index (χ2v) is 5.12. The van der Waals surface area contributed by atoms with E-state index in [-0.39, 0.29) is 11.4 Å². The maximum absolute atomic E-state index is 9.00. The molecule has 0 aromatic heterocycles. The first-order chi connectivity index (χ1) is 11.7. The fourth-order valence-corrected chi connectivity index (χ4v) is 2.60. The molecule has 0 unspecified atom stereocenters. The minimum absolute atomic E-state index is 0.0673. The Morgan fingerprint density at radius 2 is 1.08 bits per heavy atom. The number of fused-ring (bicyclic) bond motifs is 2. The number of hydrogen-bond donors (Lipinski definition) is 0. The summed E-state index contributed by atoms with van der Waals surface area (Å²) in [5.41, 5.74) is 0.135. The molecular formula is C20H8N4. The van der Waals surface area contributed by atoms with Gasteiger partial charge in [0, 0.05) is 0 Å². The van der Waals surface area contributed by atoms with Crippen molar-refractivity contribution in [2.24, 2.45) is 0 Å². The molecule has 0 amide bonds. The van der Waals surface area contributed by atoms with Crippen LogP contribution in [0.25, 0.3) is 42.6 Å². The van der Waals surface area contributed by atoms with Crippen molar-refractivity contribution in [1.29, 1.82) is 10.5 Å². The van der Waals surface area contributed by atoms with E-state index < -0.39 is 0 Å². The molecule has 3 rings (SSSR count). The van der Waals surface area contributed by atoms with Crippen molar-refractivity contribution in [1.82, 2.24) is 0 Å². The Balaban J connectivity index is 2.37. The summed E-state index contributed by atoms with van der Waals surface area (Å²) in [7, 11) is 0. The molecule has 3 aromatic rings. The number of benzene rings is 3. The molecule has 108 valence electrons. The zero-order chi connectivity index (χ0) is 17.1. The van der Waals surface area contributed by atoms with Crippen LogP contribution in [-0.2, 0) is 0 Å². The van der Waals surface area contributed by atoms with Gasteiger partial charge < -0.3 is 0 Å². The predicted octanol–water partition coefficient (Wildman–Crippen LogP) is 3.10. The summed E-state index contributed by atoms with van der Waals surface area (Å²) in [5.74, 6) is 0. The molecule has 0 saturated carbocycles. The van der Waals surface area contributed by atoms with Crippen LogP contribution in [0.1, 0.15) is 0 Å². The van der Waals surface area contributed by atoms with Gasteiger partial charge in [0.1, 0.15) is 0 Å². The molecule has 0 radical (unpaired) electrons. The second-order valence-electron chi connectivity index (χ2n) is 5.12. The first-order valence-electron chi connectivity index (χ1n) is 6.97. The molecular weight excluding hydrogens is 296 g/mol. The summed E-state index contributed by atoms with van der Waals surface area (Å²) in [6.07, 6.45) is 0. The Hall–Kier alpha value is -4.12. The van der Waals surface area contributed by atoms with Crippen LogP contribution in [0, 0.1) is 35.8 Å². The Bertz CT molecular complexity index is 1150. The van der Waals surface area contributed by atoms with Gasteiger partial charge in [0.25, 0.3) is 11.4 Å². The molecule has 0 aliphatic rings. The third kappa shape index (κ3) is 2.42. The average molecular weight is 304 g/mol. The Morgan fingerprint density at radius 1 is 0.667 bits per heavy atom. The van der Waals surface area contributed by atoms with Crippen molar-refractivity contribution < 1.29 is 0 Å². The minimum atomic E-state index is 0.0673. The summed E-state index contributed by atoms with van der Waals surface area (Å²) in [6, 6.07) is 18.6.